The number of rotatable bonds is 10. The predicted octanol–water partition coefficient (Wildman–Crippen LogP) is 4.96. The monoisotopic (exact) mass is 459 g/mol. The molecular weight excluding hydrogens is 434 g/mol. The number of halogens is 1. The normalized spacial score (nSPS) is 11.2. The Morgan fingerprint density at radius 2 is 1.90 bits per heavy atom. The molecule has 2 aromatic rings. The number of phenolic OH excluding ortho intramolecular Hbond substituents is 1. The first-order valence-electron chi connectivity index (χ1n) is 9.56. The fourth-order valence-corrected chi connectivity index (χ4v) is 3.24. The summed E-state index contributed by atoms with van der Waals surface area (Å²) in [4.78, 5) is 25.3. The molecule has 0 radical (unpaired) electrons. The van der Waals surface area contributed by atoms with Crippen LogP contribution in [0.5, 0.6) is 11.5 Å². The number of aromatic hydroxyl groups is 1. The Balaban J connectivity index is 1.79. The molecule has 6 heteroatoms. The van der Waals surface area contributed by atoms with E-state index < -0.39 is 0 Å². The molecule has 0 aliphatic rings. The van der Waals surface area contributed by atoms with Gasteiger partial charge in [0.05, 0.1) is 0 Å². The fraction of sp³-hybridized carbons (Fsp3) is 0.304. The van der Waals surface area contributed by atoms with Gasteiger partial charge in [0.2, 0.25) is 0 Å². The van der Waals surface area contributed by atoms with Crippen LogP contribution in [0.4, 0.5) is 0 Å². The van der Waals surface area contributed by atoms with Crippen LogP contribution in [0.25, 0.3) is 6.08 Å². The number of nitrogens with zero attached hydrogens (tertiary/aromatic N) is 1. The molecule has 0 heterocycles. The summed E-state index contributed by atoms with van der Waals surface area (Å²) in [5.41, 5.74) is 1.74. The standard InChI is InChI=1S/C23H26BrNO4/c1-3-25(16-19-15-20(24)9-13-23(19)28)14-4-5-21(27)10-6-18-7-11-22(12-8-18)29-17(2)26/h6-13,15,28H,3-5,14,16H2,1-2H3/b10-6+. The molecule has 0 saturated heterocycles. The van der Waals surface area contributed by atoms with Gasteiger partial charge in [-0.25, -0.2) is 0 Å². The van der Waals surface area contributed by atoms with E-state index >= 15 is 0 Å². The number of carbonyl (C=O) groups is 2. The Bertz CT molecular complexity index is 862. The molecule has 5 nitrogen and oxygen atoms in total. The average Bonchev–Trinajstić information content (AvgIpc) is 2.69. The summed E-state index contributed by atoms with van der Waals surface area (Å²) in [5, 5.41) is 10.00. The quantitative estimate of drug-likeness (QED) is 0.308. The van der Waals surface area contributed by atoms with Gasteiger partial charge in [0.15, 0.2) is 5.78 Å². The molecule has 1 N–H and O–H groups in total. The van der Waals surface area contributed by atoms with Gasteiger partial charge >= 0.3 is 5.97 Å². The average molecular weight is 460 g/mol. The van der Waals surface area contributed by atoms with Crippen molar-refractivity contribution in [2.75, 3.05) is 13.1 Å². The first kappa shape index (κ1) is 22.8. The minimum Gasteiger partial charge on any atom is -0.508 e. The predicted molar refractivity (Wildman–Crippen MR) is 118 cm³/mol. The molecule has 0 atom stereocenters. The molecule has 0 bridgehead atoms. The minimum atomic E-state index is -0.361. The molecule has 0 aliphatic heterocycles. The molecule has 0 saturated carbocycles. The van der Waals surface area contributed by atoms with Crippen LogP contribution in [0.3, 0.4) is 0 Å². The highest BCUT2D eigenvalue weighted by molar-refractivity contribution is 9.10. The summed E-state index contributed by atoms with van der Waals surface area (Å²) in [7, 11) is 0. The first-order chi connectivity index (χ1) is 13.9. The minimum absolute atomic E-state index is 0.0652. The number of benzene rings is 2. The third-order valence-electron chi connectivity index (χ3n) is 4.38. The summed E-state index contributed by atoms with van der Waals surface area (Å²) < 4.78 is 5.92. The lowest BCUT2D eigenvalue weighted by Gasteiger charge is -2.20. The van der Waals surface area contributed by atoms with Crippen molar-refractivity contribution < 1.29 is 19.4 Å². The van der Waals surface area contributed by atoms with Gasteiger partial charge < -0.3 is 9.84 Å². The van der Waals surface area contributed by atoms with Crippen molar-refractivity contribution in [1.29, 1.82) is 0 Å². The third-order valence-corrected chi connectivity index (χ3v) is 4.88. The van der Waals surface area contributed by atoms with E-state index in [1.165, 1.54) is 6.92 Å². The first-order valence-corrected chi connectivity index (χ1v) is 10.4. The van der Waals surface area contributed by atoms with Crippen molar-refractivity contribution in [2.45, 2.75) is 33.2 Å². The SMILES string of the molecule is CCN(CCCC(=O)/C=C/c1ccc(OC(C)=O)cc1)Cc1cc(Br)ccc1O. The van der Waals surface area contributed by atoms with Crippen LogP contribution < -0.4 is 4.74 Å². The number of allylic oxidation sites excluding steroid dienone is 1. The zero-order valence-corrected chi connectivity index (χ0v) is 18.3. The molecule has 0 fully saturated rings. The van der Waals surface area contributed by atoms with E-state index in [0.29, 0.717) is 18.7 Å². The number of ketones is 1. The highest BCUT2D eigenvalue weighted by atomic mass is 79.9. The van der Waals surface area contributed by atoms with Crippen LogP contribution in [0.2, 0.25) is 0 Å². The highest BCUT2D eigenvalue weighted by Crippen LogP contribution is 2.23. The van der Waals surface area contributed by atoms with E-state index in [9.17, 15) is 14.7 Å². The van der Waals surface area contributed by atoms with Crippen LogP contribution in [0, 0.1) is 0 Å². The van der Waals surface area contributed by atoms with Gasteiger partial charge in [0, 0.05) is 29.9 Å². The molecule has 0 aliphatic carbocycles. The highest BCUT2D eigenvalue weighted by Gasteiger charge is 2.09. The zero-order valence-electron chi connectivity index (χ0n) is 16.7. The molecular formula is C23H26BrNO4. The third kappa shape index (κ3) is 8.21. The van der Waals surface area contributed by atoms with Gasteiger partial charge in [-0.3, -0.25) is 14.5 Å². The summed E-state index contributed by atoms with van der Waals surface area (Å²) >= 11 is 3.43. The largest absolute Gasteiger partial charge is 0.508 e. The Labute approximate surface area is 180 Å². The van der Waals surface area contributed by atoms with E-state index in [2.05, 4.69) is 27.8 Å². The number of esters is 1. The Hall–Kier alpha value is -2.44. The fourth-order valence-electron chi connectivity index (χ4n) is 2.83. The topological polar surface area (TPSA) is 66.8 Å². The van der Waals surface area contributed by atoms with Crippen LogP contribution in [0.1, 0.15) is 37.8 Å². The number of phenols is 1. The Kier molecular flexibility index (Phi) is 9.09. The van der Waals surface area contributed by atoms with Gasteiger partial charge in [-0.1, -0.05) is 41.1 Å². The van der Waals surface area contributed by atoms with E-state index in [4.69, 9.17) is 4.74 Å². The summed E-state index contributed by atoms with van der Waals surface area (Å²) in [6.45, 7) is 5.67. The lowest BCUT2D eigenvalue weighted by atomic mass is 10.1. The van der Waals surface area contributed by atoms with Gasteiger partial charge in [0.25, 0.3) is 0 Å². The maximum absolute atomic E-state index is 12.1. The molecule has 0 unspecified atom stereocenters. The van der Waals surface area contributed by atoms with E-state index in [-0.39, 0.29) is 17.5 Å². The second kappa shape index (κ2) is 11.5. The van der Waals surface area contributed by atoms with Gasteiger partial charge in [-0.05, 0) is 61.5 Å². The maximum atomic E-state index is 12.1. The number of hydrogen-bond acceptors (Lipinski definition) is 5. The summed E-state index contributed by atoms with van der Waals surface area (Å²) in [5.74, 6) is 0.470. The molecule has 0 amide bonds. The van der Waals surface area contributed by atoms with Crippen LogP contribution >= 0.6 is 15.9 Å². The second-order valence-corrected chi connectivity index (χ2v) is 7.62. The lowest BCUT2D eigenvalue weighted by Crippen LogP contribution is -2.24. The van der Waals surface area contributed by atoms with E-state index in [0.717, 1.165) is 35.1 Å². The molecule has 154 valence electrons. The molecule has 2 aromatic carbocycles. The van der Waals surface area contributed by atoms with Crippen molar-refractivity contribution >= 4 is 33.8 Å². The van der Waals surface area contributed by atoms with Crippen LogP contribution in [0.15, 0.2) is 53.0 Å². The molecule has 0 aromatic heterocycles. The Morgan fingerprint density at radius 3 is 2.55 bits per heavy atom. The van der Waals surface area contributed by atoms with E-state index in [1.54, 1.807) is 42.5 Å². The van der Waals surface area contributed by atoms with Crippen molar-refractivity contribution in [3.05, 3.63) is 64.1 Å². The summed E-state index contributed by atoms with van der Waals surface area (Å²) in [6.07, 6.45) is 4.55. The van der Waals surface area contributed by atoms with Gasteiger partial charge in [-0.2, -0.15) is 0 Å². The number of ether oxygens (including phenoxy) is 1. The summed E-state index contributed by atoms with van der Waals surface area (Å²) in [6, 6.07) is 12.4. The van der Waals surface area contributed by atoms with Gasteiger partial charge in [0.1, 0.15) is 11.5 Å². The maximum Gasteiger partial charge on any atom is 0.308 e. The molecule has 0 spiro atoms. The van der Waals surface area contributed by atoms with Crippen LogP contribution in [-0.2, 0) is 16.1 Å². The lowest BCUT2D eigenvalue weighted by molar-refractivity contribution is -0.131. The Morgan fingerprint density at radius 1 is 1.17 bits per heavy atom. The smallest absolute Gasteiger partial charge is 0.308 e. The number of carbonyl (C=O) groups excluding carboxylic acids is 2. The van der Waals surface area contributed by atoms with Crippen molar-refractivity contribution in [2.24, 2.45) is 0 Å². The number of hydrogen-bond donors (Lipinski definition) is 1. The molecule has 2 rings (SSSR count). The molecule has 29 heavy (non-hydrogen) atoms. The second-order valence-electron chi connectivity index (χ2n) is 6.71. The van der Waals surface area contributed by atoms with Crippen molar-refractivity contribution in [1.82, 2.24) is 4.90 Å². The van der Waals surface area contributed by atoms with Crippen molar-refractivity contribution in [3.8, 4) is 11.5 Å². The van der Waals surface area contributed by atoms with Crippen molar-refractivity contribution in [3.63, 3.8) is 0 Å². The van der Waals surface area contributed by atoms with Gasteiger partial charge in [-0.15, -0.1) is 0 Å². The van der Waals surface area contributed by atoms with Crippen LogP contribution in [-0.4, -0.2) is 34.8 Å². The zero-order chi connectivity index (χ0) is 21.2. The van der Waals surface area contributed by atoms with E-state index in [1.807, 2.05) is 12.1 Å².